The van der Waals surface area contributed by atoms with Crippen LogP contribution in [0.25, 0.3) is 0 Å². The van der Waals surface area contributed by atoms with Crippen LogP contribution < -0.4 is 16.0 Å². The van der Waals surface area contributed by atoms with E-state index in [0.29, 0.717) is 12.5 Å². The number of nitrogens with one attached hydrogen (secondary N) is 1. The van der Waals surface area contributed by atoms with Gasteiger partial charge in [0.15, 0.2) is 0 Å². The highest BCUT2D eigenvalue weighted by Crippen LogP contribution is 2.31. The number of likely N-dealkylation sites (N-methyl/N-ethyl adjacent to an activating group) is 1. The minimum Gasteiger partial charge on any atom is -0.357 e. The minimum absolute atomic E-state index is 0. The molecule has 134 valence electrons. The molecule has 5 nitrogen and oxygen atoms in total. The molecule has 0 saturated heterocycles. The summed E-state index contributed by atoms with van der Waals surface area (Å²) in [6.07, 6.45) is 3.68. The number of hydrogen-bond donors (Lipinski definition) is 2. The number of nitrogens with two attached hydrogens (primary N) is 1. The number of rotatable bonds is 5. The zero-order valence-electron chi connectivity index (χ0n) is 14.4. The fourth-order valence-electron chi connectivity index (χ4n) is 3.30. The maximum absolute atomic E-state index is 13.1. The van der Waals surface area contributed by atoms with Crippen LogP contribution in [0.5, 0.6) is 0 Å². The summed E-state index contributed by atoms with van der Waals surface area (Å²) in [6, 6.07) is 8.91. The molecule has 3 N–H and O–H groups in total. The molecular weight excluding hydrogens is 326 g/mol. The van der Waals surface area contributed by atoms with Gasteiger partial charge in [-0.05, 0) is 57.2 Å². The van der Waals surface area contributed by atoms with Crippen LogP contribution >= 0.6 is 12.4 Å². The predicted molar refractivity (Wildman–Crippen MR) is 99.2 cm³/mol. The third kappa shape index (κ3) is 4.71. The number of hydrogen-bond acceptors (Lipinski definition) is 3. The van der Waals surface area contributed by atoms with Gasteiger partial charge in [0, 0.05) is 18.7 Å². The van der Waals surface area contributed by atoms with Crippen molar-refractivity contribution in [1.82, 2.24) is 5.32 Å². The molecule has 2 amide bonds. The van der Waals surface area contributed by atoms with Gasteiger partial charge in [0.2, 0.25) is 11.8 Å². The van der Waals surface area contributed by atoms with Crippen LogP contribution in [0.4, 0.5) is 5.69 Å². The smallest absolute Gasteiger partial charge is 0.242 e. The zero-order valence-corrected chi connectivity index (χ0v) is 15.2. The average Bonchev–Trinajstić information content (AvgIpc) is 2.62. The van der Waals surface area contributed by atoms with E-state index in [9.17, 15) is 9.59 Å². The summed E-state index contributed by atoms with van der Waals surface area (Å²) in [5.74, 6) is 0.395. The molecule has 1 aromatic rings. The number of benzene rings is 1. The fourth-order valence-corrected chi connectivity index (χ4v) is 3.30. The first-order valence-corrected chi connectivity index (χ1v) is 8.38. The Balaban J connectivity index is 0.00000288. The van der Waals surface area contributed by atoms with Gasteiger partial charge in [-0.15, -0.1) is 12.4 Å². The van der Waals surface area contributed by atoms with Crippen molar-refractivity contribution in [3.63, 3.8) is 0 Å². The molecule has 0 aromatic heterocycles. The maximum Gasteiger partial charge on any atom is 0.242 e. The van der Waals surface area contributed by atoms with E-state index in [1.165, 1.54) is 0 Å². The molecule has 1 atom stereocenters. The van der Waals surface area contributed by atoms with Crippen molar-refractivity contribution in [2.75, 3.05) is 18.5 Å². The summed E-state index contributed by atoms with van der Waals surface area (Å²) in [5, 5.41) is 2.64. The molecule has 0 unspecified atom stereocenters. The normalized spacial score (nSPS) is 21.3. The molecule has 1 fully saturated rings. The van der Waals surface area contributed by atoms with Crippen LogP contribution in [-0.4, -0.2) is 31.4 Å². The molecule has 0 spiro atoms. The van der Waals surface area contributed by atoms with Crippen LogP contribution in [0.1, 0.15) is 32.6 Å². The van der Waals surface area contributed by atoms with Gasteiger partial charge in [-0.25, -0.2) is 0 Å². The van der Waals surface area contributed by atoms with Crippen molar-refractivity contribution in [1.29, 1.82) is 0 Å². The van der Waals surface area contributed by atoms with Gasteiger partial charge in [-0.1, -0.05) is 18.2 Å². The van der Waals surface area contributed by atoms with E-state index >= 15 is 0 Å². The average molecular weight is 354 g/mol. The van der Waals surface area contributed by atoms with E-state index in [-0.39, 0.29) is 30.1 Å². The Morgan fingerprint density at radius 2 is 1.79 bits per heavy atom. The molecule has 1 aliphatic carbocycles. The highest BCUT2D eigenvalue weighted by Gasteiger charge is 2.33. The van der Waals surface area contributed by atoms with E-state index in [1.54, 1.807) is 18.9 Å². The minimum atomic E-state index is -0.526. The molecule has 1 saturated carbocycles. The van der Waals surface area contributed by atoms with E-state index in [0.717, 1.165) is 31.4 Å². The van der Waals surface area contributed by atoms with Crippen molar-refractivity contribution in [2.45, 2.75) is 38.6 Å². The first kappa shape index (κ1) is 20.5. The summed E-state index contributed by atoms with van der Waals surface area (Å²) in [6.45, 7) is 2.47. The van der Waals surface area contributed by atoms with Crippen molar-refractivity contribution in [3.05, 3.63) is 30.3 Å². The molecule has 6 heteroatoms. The molecule has 0 radical (unpaired) electrons. The fraction of sp³-hybridized carbons (Fsp3) is 0.556. The van der Waals surface area contributed by atoms with Gasteiger partial charge in [0.1, 0.15) is 6.04 Å². The molecule has 2 rings (SSSR count). The molecule has 0 heterocycles. The lowest BCUT2D eigenvalue weighted by atomic mass is 9.81. The second-order valence-corrected chi connectivity index (χ2v) is 6.29. The Hall–Kier alpha value is -1.59. The quantitative estimate of drug-likeness (QED) is 0.853. The van der Waals surface area contributed by atoms with E-state index in [2.05, 4.69) is 5.32 Å². The molecular formula is C18H28ClN3O2. The molecule has 1 aromatic carbocycles. The Bertz CT molecular complexity index is 530. The van der Waals surface area contributed by atoms with Crippen molar-refractivity contribution in [2.24, 2.45) is 17.6 Å². The van der Waals surface area contributed by atoms with Crippen molar-refractivity contribution < 1.29 is 9.59 Å². The summed E-state index contributed by atoms with van der Waals surface area (Å²) in [7, 11) is 1.60. The Kier molecular flexibility index (Phi) is 8.22. The number of anilines is 1. The van der Waals surface area contributed by atoms with Gasteiger partial charge >= 0.3 is 0 Å². The summed E-state index contributed by atoms with van der Waals surface area (Å²) in [4.78, 5) is 26.8. The van der Waals surface area contributed by atoms with Crippen molar-refractivity contribution >= 4 is 29.9 Å². The van der Waals surface area contributed by atoms with Gasteiger partial charge in [-0.2, -0.15) is 0 Å². The van der Waals surface area contributed by atoms with E-state index < -0.39 is 6.04 Å². The third-order valence-corrected chi connectivity index (χ3v) is 4.81. The van der Waals surface area contributed by atoms with Crippen LogP contribution in [0.2, 0.25) is 0 Å². The summed E-state index contributed by atoms with van der Waals surface area (Å²) < 4.78 is 0. The lowest BCUT2D eigenvalue weighted by Crippen LogP contribution is -2.50. The van der Waals surface area contributed by atoms with Crippen LogP contribution in [-0.2, 0) is 9.59 Å². The standard InChI is InChI=1S/C18H27N3O2.ClH/c1-13(17(22)20-2)21(16-6-4-3-5-7-16)18(23)15-10-8-14(12-19)9-11-15;/h3-7,13-15H,8-12,19H2,1-2H3,(H,20,22);1H/t13-,14-,15-;/m0./s1. The molecule has 24 heavy (non-hydrogen) atoms. The maximum atomic E-state index is 13.1. The van der Waals surface area contributed by atoms with Crippen LogP contribution in [0, 0.1) is 11.8 Å². The Labute approximate surface area is 150 Å². The Morgan fingerprint density at radius 1 is 1.21 bits per heavy atom. The first-order valence-electron chi connectivity index (χ1n) is 8.38. The number of carbonyl (C=O) groups excluding carboxylic acids is 2. The monoisotopic (exact) mass is 353 g/mol. The lowest BCUT2D eigenvalue weighted by Gasteiger charge is -2.34. The van der Waals surface area contributed by atoms with Gasteiger partial charge < -0.3 is 11.1 Å². The molecule has 0 aliphatic heterocycles. The Morgan fingerprint density at radius 3 is 2.29 bits per heavy atom. The second kappa shape index (κ2) is 9.64. The molecule has 0 bridgehead atoms. The highest BCUT2D eigenvalue weighted by atomic mass is 35.5. The number of amides is 2. The van der Waals surface area contributed by atoms with Crippen LogP contribution in [0.15, 0.2) is 30.3 Å². The second-order valence-electron chi connectivity index (χ2n) is 6.29. The zero-order chi connectivity index (χ0) is 16.8. The van der Waals surface area contributed by atoms with Crippen LogP contribution in [0.3, 0.4) is 0 Å². The number of halogens is 1. The topological polar surface area (TPSA) is 75.4 Å². The van der Waals surface area contributed by atoms with E-state index in [1.807, 2.05) is 30.3 Å². The largest absolute Gasteiger partial charge is 0.357 e. The van der Waals surface area contributed by atoms with Crippen molar-refractivity contribution in [3.8, 4) is 0 Å². The first-order chi connectivity index (χ1) is 11.1. The van der Waals surface area contributed by atoms with Gasteiger partial charge in [-0.3, -0.25) is 14.5 Å². The SMILES string of the molecule is CNC(=O)[C@H](C)N(c1ccccc1)C(=O)[C@H]1CC[C@H](CN)CC1.Cl. The van der Waals surface area contributed by atoms with Gasteiger partial charge in [0.05, 0.1) is 0 Å². The van der Waals surface area contributed by atoms with Gasteiger partial charge in [0.25, 0.3) is 0 Å². The number of nitrogens with zero attached hydrogens (tertiary/aromatic N) is 1. The molecule has 1 aliphatic rings. The van der Waals surface area contributed by atoms with E-state index in [4.69, 9.17) is 5.73 Å². The number of para-hydroxylation sites is 1. The lowest BCUT2D eigenvalue weighted by molar-refractivity contribution is -0.128. The third-order valence-electron chi connectivity index (χ3n) is 4.81. The highest BCUT2D eigenvalue weighted by molar-refractivity contribution is 6.01. The predicted octanol–water partition coefficient (Wildman–Crippen LogP) is 2.34. The summed E-state index contributed by atoms with van der Waals surface area (Å²) >= 11 is 0. The number of carbonyl (C=O) groups is 2. The summed E-state index contributed by atoms with van der Waals surface area (Å²) in [5.41, 5.74) is 6.51.